The van der Waals surface area contributed by atoms with Gasteiger partial charge in [-0.15, -0.1) is 0 Å². The third-order valence-electron chi connectivity index (χ3n) is 4.36. The molecule has 2 aromatic rings. The van der Waals surface area contributed by atoms with Crippen molar-refractivity contribution < 1.29 is 14.6 Å². The zero-order valence-corrected chi connectivity index (χ0v) is 13.3. The molecule has 1 aromatic heterocycles. The standard InChI is InChI=1S/C17H23N3O3/c1-23-10-9-20-8-7-12-11-13(5-6-15(12)20)18-17(22)19-14-3-2-4-16(14)21/h5-8,11,14,16,21H,2-4,9-10H2,1H3,(H2,18,19,22)/t14-,16-/m1/s1. The Morgan fingerprint density at radius 3 is 3.00 bits per heavy atom. The van der Waals surface area contributed by atoms with Crippen molar-refractivity contribution in [3.8, 4) is 0 Å². The molecule has 3 rings (SSSR count). The van der Waals surface area contributed by atoms with Gasteiger partial charge in [0.05, 0.1) is 18.8 Å². The normalized spacial score (nSPS) is 20.8. The minimum atomic E-state index is -0.432. The Labute approximate surface area is 135 Å². The fourth-order valence-corrected chi connectivity index (χ4v) is 3.11. The Bertz CT molecular complexity index is 683. The average Bonchev–Trinajstić information content (AvgIpc) is 3.11. The Balaban J connectivity index is 1.65. The third kappa shape index (κ3) is 3.65. The van der Waals surface area contributed by atoms with Gasteiger partial charge in [-0.3, -0.25) is 0 Å². The van der Waals surface area contributed by atoms with E-state index in [2.05, 4.69) is 15.2 Å². The van der Waals surface area contributed by atoms with Crippen LogP contribution in [-0.2, 0) is 11.3 Å². The zero-order valence-electron chi connectivity index (χ0n) is 13.3. The summed E-state index contributed by atoms with van der Waals surface area (Å²) in [5, 5.41) is 16.5. The van der Waals surface area contributed by atoms with Crippen LogP contribution in [0.4, 0.5) is 10.5 Å². The second kappa shape index (κ2) is 7.02. The van der Waals surface area contributed by atoms with E-state index in [1.165, 1.54) is 0 Å². The molecule has 23 heavy (non-hydrogen) atoms. The number of anilines is 1. The van der Waals surface area contributed by atoms with Crippen molar-refractivity contribution in [2.75, 3.05) is 19.0 Å². The molecule has 6 heteroatoms. The number of ether oxygens (including phenoxy) is 1. The number of rotatable bonds is 5. The van der Waals surface area contributed by atoms with Gasteiger partial charge in [-0.2, -0.15) is 0 Å². The lowest BCUT2D eigenvalue weighted by Crippen LogP contribution is -2.42. The number of urea groups is 1. The lowest BCUT2D eigenvalue weighted by Gasteiger charge is -2.17. The van der Waals surface area contributed by atoms with Crippen molar-refractivity contribution >= 4 is 22.6 Å². The van der Waals surface area contributed by atoms with Crippen molar-refractivity contribution in [1.29, 1.82) is 0 Å². The highest BCUT2D eigenvalue weighted by atomic mass is 16.5. The molecule has 0 saturated heterocycles. The highest BCUT2D eigenvalue weighted by Gasteiger charge is 2.26. The first kappa shape index (κ1) is 15.8. The lowest BCUT2D eigenvalue weighted by atomic mass is 10.2. The minimum Gasteiger partial charge on any atom is -0.391 e. The molecular weight excluding hydrogens is 294 g/mol. The maximum absolute atomic E-state index is 12.0. The lowest BCUT2D eigenvalue weighted by molar-refractivity contribution is 0.151. The van der Waals surface area contributed by atoms with Crippen LogP contribution in [0.25, 0.3) is 10.9 Å². The zero-order chi connectivity index (χ0) is 16.2. The number of benzene rings is 1. The fraction of sp³-hybridized carbons (Fsp3) is 0.471. The van der Waals surface area contributed by atoms with Crippen LogP contribution in [0.2, 0.25) is 0 Å². The quantitative estimate of drug-likeness (QED) is 0.792. The molecule has 0 radical (unpaired) electrons. The molecular formula is C17H23N3O3. The second-order valence-electron chi connectivity index (χ2n) is 5.98. The summed E-state index contributed by atoms with van der Waals surface area (Å²) in [5.41, 5.74) is 1.85. The van der Waals surface area contributed by atoms with E-state index >= 15 is 0 Å². The number of fused-ring (bicyclic) bond motifs is 1. The molecule has 0 aliphatic heterocycles. The number of aromatic nitrogens is 1. The monoisotopic (exact) mass is 317 g/mol. The number of nitrogens with one attached hydrogen (secondary N) is 2. The molecule has 1 heterocycles. The topological polar surface area (TPSA) is 75.5 Å². The van der Waals surface area contributed by atoms with Gasteiger partial charge < -0.3 is 25.0 Å². The third-order valence-corrected chi connectivity index (χ3v) is 4.36. The molecule has 2 atom stereocenters. The Kier molecular flexibility index (Phi) is 4.83. The van der Waals surface area contributed by atoms with Gasteiger partial charge in [-0.1, -0.05) is 0 Å². The summed E-state index contributed by atoms with van der Waals surface area (Å²) >= 11 is 0. The summed E-state index contributed by atoms with van der Waals surface area (Å²) in [6.45, 7) is 1.46. The van der Waals surface area contributed by atoms with Crippen molar-refractivity contribution in [2.24, 2.45) is 0 Å². The van der Waals surface area contributed by atoms with E-state index in [1.807, 2.05) is 30.5 Å². The smallest absolute Gasteiger partial charge is 0.319 e. The maximum atomic E-state index is 12.0. The largest absolute Gasteiger partial charge is 0.391 e. The number of aliphatic hydroxyl groups is 1. The van der Waals surface area contributed by atoms with Gasteiger partial charge in [-0.05, 0) is 43.5 Å². The molecule has 124 valence electrons. The maximum Gasteiger partial charge on any atom is 0.319 e. The van der Waals surface area contributed by atoms with E-state index in [0.29, 0.717) is 6.61 Å². The van der Waals surface area contributed by atoms with E-state index in [-0.39, 0.29) is 12.1 Å². The van der Waals surface area contributed by atoms with Crippen LogP contribution in [0.1, 0.15) is 19.3 Å². The van der Waals surface area contributed by atoms with Crippen LogP contribution in [0, 0.1) is 0 Å². The van der Waals surface area contributed by atoms with Crippen molar-refractivity contribution in [3.05, 3.63) is 30.5 Å². The first-order chi connectivity index (χ1) is 11.2. The molecule has 1 aliphatic rings. The predicted octanol–water partition coefficient (Wildman–Crippen LogP) is 2.32. The van der Waals surface area contributed by atoms with Gasteiger partial charge in [-0.25, -0.2) is 4.79 Å². The highest BCUT2D eigenvalue weighted by Crippen LogP contribution is 2.21. The summed E-state index contributed by atoms with van der Waals surface area (Å²) < 4.78 is 7.23. The highest BCUT2D eigenvalue weighted by molar-refractivity contribution is 5.93. The van der Waals surface area contributed by atoms with Crippen molar-refractivity contribution in [3.63, 3.8) is 0 Å². The van der Waals surface area contributed by atoms with Gasteiger partial charge in [0.25, 0.3) is 0 Å². The molecule has 3 N–H and O–H groups in total. The number of aliphatic hydroxyl groups excluding tert-OH is 1. The number of hydrogen-bond donors (Lipinski definition) is 3. The number of amides is 2. The molecule has 0 spiro atoms. The van der Waals surface area contributed by atoms with Gasteiger partial charge in [0.2, 0.25) is 0 Å². The molecule has 1 fully saturated rings. The number of methoxy groups -OCH3 is 1. The van der Waals surface area contributed by atoms with Crippen molar-refractivity contribution in [2.45, 2.75) is 38.0 Å². The van der Waals surface area contributed by atoms with E-state index in [0.717, 1.165) is 42.4 Å². The molecule has 6 nitrogen and oxygen atoms in total. The average molecular weight is 317 g/mol. The molecule has 0 bridgehead atoms. The first-order valence-corrected chi connectivity index (χ1v) is 8.01. The van der Waals surface area contributed by atoms with Gasteiger partial charge in [0, 0.05) is 36.4 Å². The van der Waals surface area contributed by atoms with Crippen LogP contribution < -0.4 is 10.6 Å². The van der Waals surface area contributed by atoms with E-state index < -0.39 is 6.10 Å². The Hall–Kier alpha value is -2.05. The number of carbonyl (C=O) groups excluding carboxylic acids is 1. The van der Waals surface area contributed by atoms with Gasteiger partial charge in [0.15, 0.2) is 0 Å². The van der Waals surface area contributed by atoms with E-state index in [4.69, 9.17) is 4.74 Å². The Morgan fingerprint density at radius 2 is 2.26 bits per heavy atom. The molecule has 2 amide bonds. The van der Waals surface area contributed by atoms with E-state index in [9.17, 15) is 9.90 Å². The Morgan fingerprint density at radius 1 is 1.39 bits per heavy atom. The number of nitrogens with zero attached hydrogens (tertiary/aromatic N) is 1. The SMILES string of the molecule is COCCn1ccc2cc(NC(=O)N[C@@H]3CCC[C@H]3O)ccc21. The predicted molar refractivity (Wildman–Crippen MR) is 89.6 cm³/mol. The van der Waals surface area contributed by atoms with Crippen molar-refractivity contribution in [1.82, 2.24) is 9.88 Å². The molecule has 1 aromatic carbocycles. The van der Waals surface area contributed by atoms with Crippen LogP contribution >= 0.6 is 0 Å². The minimum absolute atomic E-state index is 0.145. The first-order valence-electron chi connectivity index (χ1n) is 8.01. The van der Waals surface area contributed by atoms with Gasteiger partial charge in [0.1, 0.15) is 0 Å². The second-order valence-corrected chi connectivity index (χ2v) is 5.98. The molecule has 1 saturated carbocycles. The van der Waals surface area contributed by atoms with Crippen LogP contribution in [0.5, 0.6) is 0 Å². The fourth-order valence-electron chi connectivity index (χ4n) is 3.11. The van der Waals surface area contributed by atoms with Crippen LogP contribution in [0.3, 0.4) is 0 Å². The van der Waals surface area contributed by atoms with Gasteiger partial charge >= 0.3 is 6.03 Å². The van der Waals surface area contributed by atoms with Crippen LogP contribution in [0.15, 0.2) is 30.5 Å². The summed E-state index contributed by atoms with van der Waals surface area (Å²) in [4.78, 5) is 12.0. The molecule has 1 aliphatic carbocycles. The summed E-state index contributed by atoms with van der Waals surface area (Å²) in [6.07, 6.45) is 4.12. The summed E-state index contributed by atoms with van der Waals surface area (Å²) in [7, 11) is 1.69. The molecule has 0 unspecified atom stereocenters. The number of hydrogen-bond acceptors (Lipinski definition) is 3. The van der Waals surface area contributed by atoms with E-state index in [1.54, 1.807) is 7.11 Å². The number of carbonyl (C=O) groups is 1. The summed E-state index contributed by atoms with van der Waals surface area (Å²) in [6, 6.07) is 7.43. The summed E-state index contributed by atoms with van der Waals surface area (Å²) in [5.74, 6) is 0. The van der Waals surface area contributed by atoms with Crippen LogP contribution in [-0.4, -0.2) is 41.6 Å².